The van der Waals surface area contributed by atoms with E-state index in [1.165, 1.54) is 12.1 Å². The van der Waals surface area contributed by atoms with Crippen molar-refractivity contribution in [3.63, 3.8) is 0 Å². The zero-order valence-electron chi connectivity index (χ0n) is 14.7. The summed E-state index contributed by atoms with van der Waals surface area (Å²) in [5.41, 5.74) is -1.17. The summed E-state index contributed by atoms with van der Waals surface area (Å²) in [6, 6.07) is 10.1. The summed E-state index contributed by atoms with van der Waals surface area (Å²) < 4.78 is 43.6. The molecular weight excluding hydrogens is 375 g/mol. The molecule has 0 saturated heterocycles. The zero-order valence-corrected chi connectivity index (χ0v) is 14.7. The topological polar surface area (TPSA) is 83.4 Å². The van der Waals surface area contributed by atoms with Crippen LogP contribution in [0.4, 0.5) is 35.0 Å². The molecule has 0 aliphatic carbocycles. The van der Waals surface area contributed by atoms with Crippen molar-refractivity contribution in [3.8, 4) is 0 Å². The Morgan fingerprint density at radius 2 is 1.79 bits per heavy atom. The average molecular weight is 391 g/mol. The van der Waals surface area contributed by atoms with Gasteiger partial charge < -0.3 is 15.1 Å². The van der Waals surface area contributed by atoms with E-state index >= 15 is 0 Å². The summed E-state index contributed by atoms with van der Waals surface area (Å²) in [4.78, 5) is 24.6. The summed E-state index contributed by atoms with van der Waals surface area (Å²) in [6.07, 6.45) is -4.54. The fourth-order valence-corrected chi connectivity index (χ4v) is 2.67. The molecule has 1 heterocycles. The van der Waals surface area contributed by atoms with Gasteiger partial charge in [0.2, 0.25) is 0 Å². The van der Waals surface area contributed by atoms with E-state index in [1.807, 2.05) is 6.92 Å². The van der Waals surface area contributed by atoms with Gasteiger partial charge in [-0.15, -0.1) is 0 Å². The molecule has 0 saturated carbocycles. The van der Waals surface area contributed by atoms with Crippen molar-refractivity contribution < 1.29 is 22.4 Å². The maximum atomic E-state index is 12.8. The average Bonchev–Trinajstić information content (AvgIpc) is 2.64. The van der Waals surface area contributed by atoms with Crippen LogP contribution in [0.1, 0.15) is 12.5 Å². The Bertz CT molecular complexity index is 1080. The number of rotatable bonds is 4. The number of carbonyl (C=O) groups excluding carboxylic acids is 1. The predicted octanol–water partition coefficient (Wildman–Crippen LogP) is 4.89. The van der Waals surface area contributed by atoms with Crippen LogP contribution in [0.3, 0.4) is 0 Å². The van der Waals surface area contributed by atoms with Crippen LogP contribution in [0, 0.1) is 0 Å². The maximum Gasteiger partial charge on any atom is 0.416 e. The molecule has 0 atom stereocenters. The van der Waals surface area contributed by atoms with Crippen LogP contribution in [-0.4, -0.2) is 12.6 Å². The Morgan fingerprint density at radius 1 is 1.04 bits per heavy atom. The van der Waals surface area contributed by atoms with Gasteiger partial charge in [0, 0.05) is 17.6 Å². The van der Waals surface area contributed by atoms with Crippen molar-refractivity contribution in [3.05, 3.63) is 64.5 Å². The van der Waals surface area contributed by atoms with Crippen LogP contribution in [0.2, 0.25) is 0 Å². The number of nitrogens with one attached hydrogen (secondary N) is 3. The van der Waals surface area contributed by atoms with E-state index in [4.69, 9.17) is 4.42 Å². The van der Waals surface area contributed by atoms with E-state index < -0.39 is 23.4 Å². The third-order valence-electron chi connectivity index (χ3n) is 3.85. The van der Waals surface area contributed by atoms with Gasteiger partial charge in [0.15, 0.2) is 5.69 Å². The lowest BCUT2D eigenvalue weighted by Crippen LogP contribution is -2.24. The van der Waals surface area contributed by atoms with E-state index in [0.717, 1.165) is 12.1 Å². The summed E-state index contributed by atoms with van der Waals surface area (Å²) >= 11 is 0. The van der Waals surface area contributed by atoms with Gasteiger partial charge in [-0.05, 0) is 37.3 Å². The van der Waals surface area contributed by atoms with Gasteiger partial charge >= 0.3 is 17.8 Å². The van der Waals surface area contributed by atoms with Gasteiger partial charge in [0.05, 0.1) is 11.3 Å². The molecule has 0 radical (unpaired) electrons. The zero-order chi connectivity index (χ0) is 20.3. The third kappa shape index (κ3) is 4.08. The molecule has 3 aromatic rings. The number of anilines is 3. The highest BCUT2D eigenvalue weighted by Gasteiger charge is 2.30. The lowest BCUT2D eigenvalue weighted by Gasteiger charge is -2.14. The van der Waals surface area contributed by atoms with Crippen LogP contribution < -0.4 is 21.6 Å². The summed E-state index contributed by atoms with van der Waals surface area (Å²) in [5, 5.41) is 8.24. The quantitative estimate of drug-likeness (QED) is 0.553. The lowest BCUT2D eigenvalue weighted by molar-refractivity contribution is -0.137. The lowest BCUT2D eigenvalue weighted by atomic mass is 10.2. The number of alkyl halides is 3. The maximum absolute atomic E-state index is 12.8. The molecule has 0 bridgehead atoms. The molecule has 0 aliphatic heterocycles. The van der Waals surface area contributed by atoms with Gasteiger partial charge in [-0.3, -0.25) is 5.32 Å². The van der Waals surface area contributed by atoms with Crippen LogP contribution in [0.5, 0.6) is 0 Å². The molecule has 0 unspecified atom stereocenters. The summed E-state index contributed by atoms with van der Waals surface area (Å²) in [5.74, 6) is 0. The first-order valence-corrected chi connectivity index (χ1v) is 8.34. The first kappa shape index (κ1) is 19.3. The molecule has 2 aromatic carbocycles. The van der Waals surface area contributed by atoms with Crippen molar-refractivity contribution in [2.45, 2.75) is 13.1 Å². The van der Waals surface area contributed by atoms with Crippen molar-refractivity contribution >= 4 is 34.1 Å². The number of fused-ring (bicyclic) bond motifs is 1. The van der Waals surface area contributed by atoms with E-state index in [9.17, 15) is 22.8 Å². The Kier molecular flexibility index (Phi) is 5.25. The first-order chi connectivity index (χ1) is 13.3. The molecule has 1 aromatic heterocycles. The van der Waals surface area contributed by atoms with Crippen molar-refractivity contribution in [1.82, 2.24) is 0 Å². The van der Waals surface area contributed by atoms with E-state index in [2.05, 4.69) is 16.0 Å². The van der Waals surface area contributed by atoms with Crippen LogP contribution in [0.25, 0.3) is 11.0 Å². The second-order valence-electron chi connectivity index (χ2n) is 5.82. The number of hydrogen-bond acceptors (Lipinski definition) is 4. The largest absolute Gasteiger partial charge is 0.421 e. The number of hydrogen-bond donors (Lipinski definition) is 3. The smallest absolute Gasteiger partial charge is 0.416 e. The minimum absolute atomic E-state index is 0.0671. The van der Waals surface area contributed by atoms with E-state index in [1.54, 1.807) is 24.3 Å². The molecular formula is C19H16F3N3O3. The fourth-order valence-electron chi connectivity index (χ4n) is 2.67. The molecule has 0 spiro atoms. The van der Waals surface area contributed by atoms with Gasteiger partial charge in [0.25, 0.3) is 0 Å². The third-order valence-corrected chi connectivity index (χ3v) is 3.85. The van der Waals surface area contributed by atoms with Crippen molar-refractivity contribution in [2.24, 2.45) is 0 Å². The molecule has 0 fully saturated rings. The standard InChI is InChI=1S/C19H16F3N3O3/c1-2-23-15-13-8-3-4-9-14(13)28-17(26)16(15)25-18(27)24-12-7-5-6-11(10-12)19(20,21)22/h3-10,23H,2H2,1H3,(H2,24,25,27). The number of urea groups is 1. The number of benzene rings is 2. The van der Waals surface area contributed by atoms with Crippen LogP contribution in [0.15, 0.2) is 57.7 Å². The number of carbonyl (C=O) groups is 1. The normalized spacial score (nSPS) is 11.3. The highest BCUT2D eigenvalue weighted by molar-refractivity contribution is 6.05. The number of halogens is 3. The highest BCUT2D eigenvalue weighted by Crippen LogP contribution is 2.31. The molecule has 0 aliphatic rings. The molecule has 3 rings (SSSR count). The second kappa shape index (κ2) is 7.63. The number of para-hydroxylation sites is 1. The molecule has 28 heavy (non-hydrogen) atoms. The van der Waals surface area contributed by atoms with Crippen molar-refractivity contribution in [2.75, 3.05) is 22.5 Å². The Hall–Kier alpha value is -3.49. The SMILES string of the molecule is CCNc1c(NC(=O)Nc2cccc(C(F)(F)F)c2)c(=O)oc2ccccc12. The molecule has 6 nitrogen and oxygen atoms in total. The van der Waals surface area contributed by atoms with E-state index in [0.29, 0.717) is 23.2 Å². The molecule has 146 valence electrons. The summed E-state index contributed by atoms with van der Waals surface area (Å²) in [6.45, 7) is 2.28. The molecule has 9 heteroatoms. The molecule has 3 N–H and O–H groups in total. The van der Waals surface area contributed by atoms with Gasteiger partial charge in [0.1, 0.15) is 5.58 Å². The fraction of sp³-hybridized carbons (Fsp3) is 0.158. The van der Waals surface area contributed by atoms with Gasteiger partial charge in [-0.25, -0.2) is 9.59 Å². The van der Waals surface area contributed by atoms with Crippen LogP contribution in [-0.2, 0) is 6.18 Å². The van der Waals surface area contributed by atoms with Crippen LogP contribution >= 0.6 is 0 Å². The number of amides is 2. The van der Waals surface area contributed by atoms with Gasteiger partial charge in [-0.2, -0.15) is 13.2 Å². The Balaban J connectivity index is 1.90. The highest BCUT2D eigenvalue weighted by atomic mass is 19.4. The Morgan fingerprint density at radius 3 is 2.50 bits per heavy atom. The molecule has 2 amide bonds. The monoisotopic (exact) mass is 391 g/mol. The summed E-state index contributed by atoms with van der Waals surface area (Å²) in [7, 11) is 0. The van der Waals surface area contributed by atoms with E-state index in [-0.39, 0.29) is 11.4 Å². The Labute approximate surface area is 157 Å². The van der Waals surface area contributed by atoms with Gasteiger partial charge in [-0.1, -0.05) is 18.2 Å². The van der Waals surface area contributed by atoms with Crippen molar-refractivity contribution in [1.29, 1.82) is 0 Å². The first-order valence-electron chi connectivity index (χ1n) is 8.34. The predicted molar refractivity (Wildman–Crippen MR) is 101 cm³/mol. The second-order valence-corrected chi connectivity index (χ2v) is 5.82. The minimum atomic E-state index is -4.54. The minimum Gasteiger partial charge on any atom is -0.421 e.